The van der Waals surface area contributed by atoms with Gasteiger partial charge in [-0.3, -0.25) is 9.36 Å². The van der Waals surface area contributed by atoms with Gasteiger partial charge in [0.05, 0.1) is 5.69 Å². The first-order chi connectivity index (χ1) is 10.8. The molecule has 122 valence electrons. The first kappa shape index (κ1) is 15.5. The molecule has 2 aromatic heterocycles. The minimum absolute atomic E-state index is 0.0893. The van der Waals surface area contributed by atoms with Crippen LogP contribution in [-0.4, -0.2) is 37.1 Å². The number of nitrogens with one attached hydrogen (secondary N) is 1. The summed E-state index contributed by atoms with van der Waals surface area (Å²) in [5.74, 6) is -4.51. The van der Waals surface area contributed by atoms with Crippen molar-refractivity contribution in [3.63, 3.8) is 0 Å². The van der Waals surface area contributed by atoms with E-state index < -0.39 is 17.4 Å². The standard InChI is InChI=1S/C15H16F2N4O2/c1-10-18-8-9-21(10)12-11(4-2-7-19-12)20-13(22)15(16,17)14(23)5-3-6-14/h2,4,7-9,23H,3,5-6H2,1H3,(H,20,22). The van der Waals surface area contributed by atoms with Gasteiger partial charge in [-0.15, -0.1) is 0 Å². The number of amides is 1. The molecule has 1 aliphatic rings. The van der Waals surface area contributed by atoms with Crippen molar-refractivity contribution < 1.29 is 18.7 Å². The van der Waals surface area contributed by atoms with E-state index in [0.717, 1.165) is 0 Å². The number of pyridine rings is 1. The molecule has 0 bridgehead atoms. The van der Waals surface area contributed by atoms with E-state index in [1.807, 2.05) is 0 Å². The summed E-state index contributed by atoms with van der Waals surface area (Å²) in [5.41, 5.74) is -2.13. The van der Waals surface area contributed by atoms with Crippen LogP contribution >= 0.6 is 0 Å². The van der Waals surface area contributed by atoms with Crippen molar-refractivity contribution in [3.8, 4) is 5.82 Å². The van der Waals surface area contributed by atoms with Gasteiger partial charge in [0.25, 0.3) is 5.91 Å². The molecule has 3 rings (SSSR count). The van der Waals surface area contributed by atoms with E-state index in [4.69, 9.17) is 0 Å². The minimum Gasteiger partial charge on any atom is -0.383 e. The first-order valence-electron chi connectivity index (χ1n) is 7.22. The number of rotatable bonds is 4. The molecule has 1 saturated carbocycles. The molecule has 2 N–H and O–H groups in total. The maximum atomic E-state index is 14.2. The molecule has 2 aromatic rings. The molecular weight excluding hydrogens is 306 g/mol. The highest BCUT2D eigenvalue weighted by molar-refractivity contribution is 5.98. The van der Waals surface area contributed by atoms with Crippen LogP contribution in [0.5, 0.6) is 0 Å². The molecule has 0 radical (unpaired) electrons. The number of anilines is 1. The molecule has 8 heteroatoms. The number of carbonyl (C=O) groups excluding carboxylic acids is 1. The molecule has 2 heterocycles. The van der Waals surface area contributed by atoms with Crippen molar-refractivity contribution in [1.29, 1.82) is 0 Å². The van der Waals surface area contributed by atoms with E-state index in [2.05, 4.69) is 15.3 Å². The van der Waals surface area contributed by atoms with Gasteiger partial charge in [0.1, 0.15) is 11.4 Å². The Labute approximate surface area is 131 Å². The highest BCUT2D eigenvalue weighted by atomic mass is 19.3. The Kier molecular flexibility index (Phi) is 3.63. The first-order valence-corrected chi connectivity index (χ1v) is 7.22. The zero-order valence-electron chi connectivity index (χ0n) is 12.5. The predicted molar refractivity (Wildman–Crippen MR) is 78.5 cm³/mol. The summed E-state index contributed by atoms with van der Waals surface area (Å²) in [4.78, 5) is 20.2. The van der Waals surface area contributed by atoms with Crippen molar-refractivity contribution in [2.24, 2.45) is 0 Å². The summed E-state index contributed by atoms with van der Waals surface area (Å²) in [7, 11) is 0. The van der Waals surface area contributed by atoms with Crippen LogP contribution in [0.1, 0.15) is 25.1 Å². The molecule has 1 fully saturated rings. The monoisotopic (exact) mass is 322 g/mol. The second-order valence-electron chi connectivity index (χ2n) is 5.63. The molecule has 0 spiro atoms. The van der Waals surface area contributed by atoms with Crippen LogP contribution in [0.3, 0.4) is 0 Å². The highest BCUT2D eigenvalue weighted by Crippen LogP contribution is 2.44. The summed E-state index contributed by atoms with van der Waals surface area (Å²) < 4.78 is 29.9. The fourth-order valence-corrected chi connectivity index (χ4v) is 2.53. The van der Waals surface area contributed by atoms with Gasteiger partial charge in [-0.05, 0) is 38.3 Å². The molecule has 0 atom stereocenters. The number of aryl methyl sites for hydroxylation is 1. The Morgan fingerprint density at radius 1 is 1.39 bits per heavy atom. The van der Waals surface area contributed by atoms with E-state index >= 15 is 0 Å². The van der Waals surface area contributed by atoms with Gasteiger partial charge in [0, 0.05) is 18.6 Å². The fraction of sp³-hybridized carbons (Fsp3) is 0.400. The Hall–Kier alpha value is -2.35. The Morgan fingerprint density at radius 3 is 2.70 bits per heavy atom. The number of aliphatic hydroxyl groups is 1. The van der Waals surface area contributed by atoms with Gasteiger partial charge >= 0.3 is 5.92 Å². The van der Waals surface area contributed by atoms with Crippen LogP contribution in [0.2, 0.25) is 0 Å². The van der Waals surface area contributed by atoms with Crippen LogP contribution in [0.15, 0.2) is 30.7 Å². The van der Waals surface area contributed by atoms with Crippen LogP contribution in [0.25, 0.3) is 5.82 Å². The second-order valence-corrected chi connectivity index (χ2v) is 5.63. The number of hydrogen-bond acceptors (Lipinski definition) is 4. The number of alkyl halides is 2. The largest absolute Gasteiger partial charge is 0.383 e. The number of hydrogen-bond donors (Lipinski definition) is 2. The lowest BCUT2D eigenvalue weighted by Crippen LogP contribution is -2.59. The van der Waals surface area contributed by atoms with Crippen molar-refractivity contribution in [2.75, 3.05) is 5.32 Å². The van der Waals surface area contributed by atoms with Crippen LogP contribution in [0, 0.1) is 6.92 Å². The number of halogens is 2. The third kappa shape index (κ3) is 2.48. The molecule has 6 nitrogen and oxygen atoms in total. The number of carbonyl (C=O) groups is 1. The van der Waals surface area contributed by atoms with E-state index in [0.29, 0.717) is 12.2 Å². The van der Waals surface area contributed by atoms with Crippen molar-refractivity contribution in [2.45, 2.75) is 37.7 Å². The molecule has 1 aliphatic carbocycles. The molecule has 0 aromatic carbocycles. The summed E-state index contributed by atoms with van der Waals surface area (Å²) >= 11 is 0. The maximum Gasteiger partial charge on any atom is 0.352 e. The van der Waals surface area contributed by atoms with Gasteiger partial charge in [0.2, 0.25) is 0 Å². The Bertz CT molecular complexity index is 741. The van der Waals surface area contributed by atoms with E-state index in [-0.39, 0.29) is 24.3 Å². The fourth-order valence-electron chi connectivity index (χ4n) is 2.53. The van der Waals surface area contributed by atoms with Gasteiger partial charge in [-0.2, -0.15) is 8.78 Å². The Balaban J connectivity index is 1.89. The molecule has 0 unspecified atom stereocenters. The zero-order valence-corrected chi connectivity index (χ0v) is 12.5. The summed E-state index contributed by atoms with van der Waals surface area (Å²) in [6, 6.07) is 3.00. The molecular formula is C15H16F2N4O2. The Morgan fingerprint density at radius 2 is 2.13 bits per heavy atom. The van der Waals surface area contributed by atoms with Crippen LogP contribution < -0.4 is 5.32 Å². The lowest BCUT2D eigenvalue weighted by atomic mass is 9.75. The van der Waals surface area contributed by atoms with Crippen molar-refractivity contribution in [3.05, 3.63) is 36.5 Å². The third-order valence-electron chi connectivity index (χ3n) is 4.14. The average Bonchev–Trinajstić information content (AvgIpc) is 2.91. The molecule has 1 amide bonds. The molecule has 0 saturated heterocycles. The predicted octanol–water partition coefficient (Wildman–Crippen LogP) is 2.06. The lowest BCUT2D eigenvalue weighted by Gasteiger charge is -2.41. The number of imidazole rings is 1. The van der Waals surface area contributed by atoms with Gasteiger partial charge in [-0.25, -0.2) is 9.97 Å². The highest BCUT2D eigenvalue weighted by Gasteiger charge is 2.61. The van der Waals surface area contributed by atoms with Crippen LogP contribution in [0.4, 0.5) is 14.5 Å². The smallest absolute Gasteiger partial charge is 0.352 e. The van der Waals surface area contributed by atoms with Crippen LogP contribution in [-0.2, 0) is 4.79 Å². The summed E-state index contributed by atoms with van der Waals surface area (Å²) in [5, 5.41) is 12.0. The third-order valence-corrected chi connectivity index (χ3v) is 4.14. The van der Waals surface area contributed by atoms with Gasteiger partial charge in [0.15, 0.2) is 5.82 Å². The maximum absolute atomic E-state index is 14.2. The quantitative estimate of drug-likeness (QED) is 0.903. The zero-order chi connectivity index (χ0) is 16.7. The normalized spacial score (nSPS) is 16.7. The number of nitrogens with zero attached hydrogens (tertiary/aromatic N) is 3. The van der Waals surface area contributed by atoms with Crippen molar-refractivity contribution in [1.82, 2.24) is 14.5 Å². The lowest BCUT2D eigenvalue weighted by molar-refractivity contribution is -0.212. The van der Waals surface area contributed by atoms with Gasteiger partial charge < -0.3 is 10.4 Å². The SMILES string of the molecule is Cc1nccn1-c1ncccc1NC(=O)C(F)(F)C1(O)CCC1. The summed E-state index contributed by atoms with van der Waals surface area (Å²) in [6.07, 6.45) is 4.95. The van der Waals surface area contributed by atoms with E-state index in [9.17, 15) is 18.7 Å². The van der Waals surface area contributed by atoms with Gasteiger partial charge in [-0.1, -0.05) is 0 Å². The topological polar surface area (TPSA) is 80.0 Å². The van der Waals surface area contributed by atoms with Crippen molar-refractivity contribution >= 4 is 11.6 Å². The molecule has 0 aliphatic heterocycles. The van der Waals surface area contributed by atoms with E-state index in [1.54, 1.807) is 23.9 Å². The average molecular weight is 322 g/mol. The number of aromatic nitrogens is 3. The minimum atomic E-state index is -3.86. The second kappa shape index (κ2) is 5.38. The van der Waals surface area contributed by atoms with E-state index in [1.165, 1.54) is 18.3 Å². The molecule has 23 heavy (non-hydrogen) atoms. The summed E-state index contributed by atoms with van der Waals surface area (Å²) in [6.45, 7) is 1.73.